The zero-order valence-electron chi connectivity index (χ0n) is 15.2. The van der Waals surface area contributed by atoms with Gasteiger partial charge < -0.3 is 14.3 Å². The molecule has 1 N–H and O–H groups in total. The third-order valence-electron chi connectivity index (χ3n) is 5.46. The van der Waals surface area contributed by atoms with E-state index in [2.05, 4.69) is 25.3 Å². The molecule has 4 aromatic rings. The maximum atomic E-state index is 13.6. The molecule has 4 aromatic heterocycles. The molecule has 1 aliphatic heterocycles. The standard InChI is InChI=1S/C19H16FN7O2/c20-11-3-6-27-12(7-11)8-14(25-27)16-15-13(21-9-22-15)4-5-26(16)19(28)18-24-23-17(29-18)10-1-2-10/h3,6-10,16H,1-2,4-5H2,(H,21,22)/t16-/m1/s1. The highest BCUT2D eigenvalue weighted by atomic mass is 19.1. The lowest BCUT2D eigenvalue weighted by Gasteiger charge is -2.32. The predicted octanol–water partition coefficient (Wildman–Crippen LogP) is 2.24. The van der Waals surface area contributed by atoms with Crippen LogP contribution in [0.2, 0.25) is 0 Å². The molecule has 146 valence electrons. The number of rotatable bonds is 3. The Labute approximate surface area is 163 Å². The van der Waals surface area contributed by atoms with E-state index in [1.807, 2.05) is 0 Å². The van der Waals surface area contributed by atoms with E-state index in [0.29, 0.717) is 30.1 Å². The number of fused-ring (bicyclic) bond motifs is 2. The summed E-state index contributed by atoms with van der Waals surface area (Å²) in [6, 6.07) is 3.97. The van der Waals surface area contributed by atoms with Crippen LogP contribution in [0.5, 0.6) is 0 Å². The Kier molecular flexibility index (Phi) is 3.37. The molecule has 9 nitrogen and oxygen atoms in total. The van der Waals surface area contributed by atoms with Crippen molar-refractivity contribution in [1.82, 2.24) is 34.7 Å². The number of aromatic nitrogens is 6. The van der Waals surface area contributed by atoms with Crippen molar-refractivity contribution in [2.75, 3.05) is 6.54 Å². The van der Waals surface area contributed by atoms with E-state index in [1.54, 1.807) is 28.0 Å². The number of nitrogens with zero attached hydrogens (tertiary/aromatic N) is 6. The van der Waals surface area contributed by atoms with Crippen LogP contribution in [0.3, 0.4) is 0 Å². The van der Waals surface area contributed by atoms with Crippen molar-refractivity contribution in [2.45, 2.75) is 31.2 Å². The third-order valence-corrected chi connectivity index (χ3v) is 5.46. The lowest BCUT2D eigenvalue weighted by Crippen LogP contribution is -2.41. The van der Waals surface area contributed by atoms with Gasteiger partial charge in [-0.3, -0.25) is 4.79 Å². The summed E-state index contributed by atoms with van der Waals surface area (Å²) >= 11 is 0. The van der Waals surface area contributed by atoms with Crippen molar-refractivity contribution in [3.05, 3.63) is 65.4 Å². The van der Waals surface area contributed by atoms with Crippen LogP contribution >= 0.6 is 0 Å². The summed E-state index contributed by atoms with van der Waals surface area (Å²) in [6.07, 6.45) is 5.81. The van der Waals surface area contributed by atoms with Gasteiger partial charge in [0.25, 0.3) is 0 Å². The molecule has 0 radical (unpaired) electrons. The maximum Gasteiger partial charge on any atom is 0.312 e. The van der Waals surface area contributed by atoms with Crippen molar-refractivity contribution in [1.29, 1.82) is 0 Å². The zero-order valence-corrected chi connectivity index (χ0v) is 15.2. The number of H-pyrrole nitrogens is 1. The first-order chi connectivity index (χ1) is 14.2. The van der Waals surface area contributed by atoms with E-state index in [4.69, 9.17) is 4.42 Å². The molecule has 2 aliphatic rings. The van der Waals surface area contributed by atoms with Crippen LogP contribution in [-0.4, -0.2) is 47.1 Å². The van der Waals surface area contributed by atoms with Crippen LogP contribution in [-0.2, 0) is 6.42 Å². The van der Waals surface area contributed by atoms with Crippen molar-refractivity contribution >= 4 is 11.4 Å². The molecule has 0 saturated heterocycles. The molecule has 1 aliphatic carbocycles. The largest absolute Gasteiger partial charge is 0.417 e. The molecule has 29 heavy (non-hydrogen) atoms. The summed E-state index contributed by atoms with van der Waals surface area (Å²) in [7, 11) is 0. The number of pyridine rings is 1. The number of imidazole rings is 1. The first-order valence-corrected chi connectivity index (χ1v) is 9.49. The van der Waals surface area contributed by atoms with E-state index in [-0.39, 0.29) is 23.5 Å². The Balaban J connectivity index is 1.43. The summed E-state index contributed by atoms with van der Waals surface area (Å²) in [5.41, 5.74) is 2.87. The summed E-state index contributed by atoms with van der Waals surface area (Å²) in [6.45, 7) is 0.446. The molecule has 1 fully saturated rings. The minimum Gasteiger partial charge on any atom is -0.417 e. The molecule has 0 unspecified atom stereocenters. The molecule has 0 spiro atoms. The fourth-order valence-electron chi connectivity index (χ4n) is 3.85. The Hall–Kier alpha value is -3.56. The molecule has 5 heterocycles. The summed E-state index contributed by atoms with van der Waals surface area (Å²) < 4.78 is 20.8. The van der Waals surface area contributed by atoms with Crippen LogP contribution in [0, 0.1) is 5.82 Å². The summed E-state index contributed by atoms with van der Waals surface area (Å²) in [5, 5.41) is 12.6. The van der Waals surface area contributed by atoms with Gasteiger partial charge in [-0.05, 0) is 31.0 Å². The van der Waals surface area contributed by atoms with Crippen LogP contribution in [0.15, 0.2) is 35.1 Å². The highest BCUT2D eigenvalue weighted by Gasteiger charge is 2.39. The zero-order chi connectivity index (χ0) is 19.5. The Morgan fingerprint density at radius 2 is 2.17 bits per heavy atom. The quantitative estimate of drug-likeness (QED) is 0.572. The van der Waals surface area contributed by atoms with Gasteiger partial charge in [-0.25, -0.2) is 13.9 Å². The Bertz CT molecular complexity index is 1240. The minimum absolute atomic E-state index is 0.0225. The fourth-order valence-corrected chi connectivity index (χ4v) is 3.85. The van der Waals surface area contributed by atoms with E-state index >= 15 is 0 Å². The van der Waals surface area contributed by atoms with Crippen LogP contribution in [0.25, 0.3) is 5.52 Å². The third kappa shape index (κ3) is 2.63. The van der Waals surface area contributed by atoms with Gasteiger partial charge in [0, 0.05) is 30.8 Å². The minimum atomic E-state index is -0.531. The average molecular weight is 393 g/mol. The van der Waals surface area contributed by atoms with Crippen molar-refractivity contribution in [3.63, 3.8) is 0 Å². The van der Waals surface area contributed by atoms with Gasteiger partial charge >= 0.3 is 11.8 Å². The topological polar surface area (TPSA) is 105 Å². The molecule has 0 bridgehead atoms. The molecular weight excluding hydrogens is 377 g/mol. The second-order valence-corrected chi connectivity index (χ2v) is 7.42. The van der Waals surface area contributed by atoms with Crippen LogP contribution in [0.1, 0.15) is 58.5 Å². The SMILES string of the molecule is O=C(c1nnc(C2CC2)o1)N1CCc2[nH]cnc2[C@H]1c1cc2cc(F)ccn2n1. The monoisotopic (exact) mass is 393 g/mol. The molecule has 10 heteroatoms. The van der Waals surface area contributed by atoms with E-state index < -0.39 is 6.04 Å². The molecule has 0 aromatic carbocycles. The molecule has 1 atom stereocenters. The predicted molar refractivity (Wildman–Crippen MR) is 96.6 cm³/mol. The van der Waals surface area contributed by atoms with Gasteiger partial charge in [-0.2, -0.15) is 5.10 Å². The molecular formula is C19H16FN7O2. The number of hydrogen-bond donors (Lipinski definition) is 1. The number of carbonyl (C=O) groups excluding carboxylic acids is 1. The maximum absolute atomic E-state index is 13.6. The van der Waals surface area contributed by atoms with Crippen LogP contribution < -0.4 is 0 Å². The fraction of sp³-hybridized carbons (Fsp3) is 0.316. The molecule has 1 amide bonds. The van der Waals surface area contributed by atoms with Crippen molar-refractivity contribution < 1.29 is 13.6 Å². The first kappa shape index (κ1) is 16.4. The van der Waals surface area contributed by atoms with Crippen molar-refractivity contribution in [3.8, 4) is 0 Å². The lowest BCUT2D eigenvalue weighted by atomic mass is 9.99. The van der Waals surface area contributed by atoms with Gasteiger partial charge in [0.1, 0.15) is 11.9 Å². The van der Waals surface area contributed by atoms with E-state index in [1.165, 1.54) is 12.1 Å². The van der Waals surface area contributed by atoms with E-state index in [0.717, 1.165) is 24.2 Å². The summed E-state index contributed by atoms with van der Waals surface area (Å²) in [4.78, 5) is 22.4. The van der Waals surface area contributed by atoms with Gasteiger partial charge in [-0.15, -0.1) is 10.2 Å². The average Bonchev–Trinajstić information content (AvgIpc) is 3.13. The highest BCUT2D eigenvalue weighted by Crippen LogP contribution is 2.39. The van der Waals surface area contributed by atoms with Crippen LogP contribution in [0.4, 0.5) is 4.39 Å². The van der Waals surface area contributed by atoms with E-state index in [9.17, 15) is 9.18 Å². The second-order valence-electron chi connectivity index (χ2n) is 7.42. The number of halogens is 1. The highest BCUT2D eigenvalue weighted by molar-refractivity contribution is 5.90. The second kappa shape index (κ2) is 5.97. The van der Waals surface area contributed by atoms with Gasteiger partial charge in [0.15, 0.2) is 0 Å². The number of aromatic amines is 1. The smallest absolute Gasteiger partial charge is 0.312 e. The molecule has 6 rings (SSSR count). The van der Waals surface area contributed by atoms with Crippen molar-refractivity contribution in [2.24, 2.45) is 0 Å². The lowest BCUT2D eigenvalue weighted by molar-refractivity contribution is 0.0644. The molecule has 1 saturated carbocycles. The Morgan fingerprint density at radius 1 is 1.28 bits per heavy atom. The number of hydrogen-bond acceptors (Lipinski definition) is 6. The summed E-state index contributed by atoms with van der Waals surface area (Å²) in [5.74, 6) is 0.0643. The number of nitrogens with one attached hydrogen (secondary N) is 1. The Morgan fingerprint density at radius 3 is 3.03 bits per heavy atom. The van der Waals surface area contributed by atoms with Gasteiger partial charge in [0.05, 0.1) is 23.2 Å². The normalized spacial score (nSPS) is 18.9. The first-order valence-electron chi connectivity index (χ1n) is 9.49. The number of carbonyl (C=O) groups is 1. The van der Waals surface area contributed by atoms with Gasteiger partial charge in [-0.1, -0.05) is 0 Å². The number of amides is 1. The van der Waals surface area contributed by atoms with Gasteiger partial charge in [0.2, 0.25) is 5.89 Å².